The van der Waals surface area contributed by atoms with Crippen LogP contribution in [0.1, 0.15) is 30.9 Å². The van der Waals surface area contributed by atoms with Crippen LogP contribution in [0.3, 0.4) is 0 Å². The van der Waals surface area contributed by atoms with Crippen LogP contribution in [-0.4, -0.2) is 59.5 Å². The average molecular weight is 527 g/mol. The highest BCUT2D eigenvalue weighted by atomic mass is 35.5. The third kappa shape index (κ3) is 6.61. The van der Waals surface area contributed by atoms with Crippen molar-refractivity contribution in [3.8, 4) is 17.4 Å². The van der Waals surface area contributed by atoms with Crippen LogP contribution >= 0.6 is 11.6 Å². The number of hydrogen-bond donors (Lipinski definition) is 1. The molecular formula is C25H26ClF3N2O5. The van der Waals surface area contributed by atoms with E-state index in [1.54, 1.807) is 12.1 Å². The number of rotatable bonds is 8. The Hall–Kier alpha value is -2.98. The van der Waals surface area contributed by atoms with E-state index >= 15 is 0 Å². The fourth-order valence-corrected chi connectivity index (χ4v) is 4.33. The second-order valence-electron chi connectivity index (χ2n) is 8.92. The number of nitrogens with zero attached hydrogens (tertiary/aromatic N) is 2. The Morgan fingerprint density at radius 1 is 1.36 bits per heavy atom. The molecule has 2 atom stereocenters. The third-order valence-corrected chi connectivity index (χ3v) is 6.33. The van der Waals surface area contributed by atoms with Gasteiger partial charge in [0, 0.05) is 36.5 Å². The van der Waals surface area contributed by atoms with Gasteiger partial charge in [-0.3, -0.25) is 9.69 Å². The van der Waals surface area contributed by atoms with E-state index in [1.165, 1.54) is 12.3 Å². The zero-order valence-corrected chi connectivity index (χ0v) is 20.3. The maximum Gasteiger partial charge on any atom is 0.425 e. The smallest absolute Gasteiger partial charge is 0.425 e. The maximum absolute atomic E-state index is 12.7. The van der Waals surface area contributed by atoms with Crippen molar-refractivity contribution in [2.75, 3.05) is 26.2 Å². The van der Waals surface area contributed by atoms with Crippen LogP contribution in [0.4, 0.5) is 13.2 Å². The number of halogens is 4. The summed E-state index contributed by atoms with van der Waals surface area (Å²) in [5, 5.41) is 9.25. The number of carbonyl (C=O) groups is 1. The number of alkyl halides is 3. The molecule has 0 saturated carbocycles. The first-order valence-corrected chi connectivity index (χ1v) is 11.9. The topological polar surface area (TPSA) is 81.1 Å². The normalized spacial score (nSPS) is 19.0. The number of piperidine rings is 1. The van der Waals surface area contributed by atoms with Crippen molar-refractivity contribution in [1.82, 2.24) is 9.88 Å². The molecule has 4 rings (SSSR count). The summed E-state index contributed by atoms with van der Waals surface area (Å²) in [6, 6.07) is 6.88. The van der Waals surface area contributed by atoms with E-state index in [1.807, 2.05) is 6.07 Å². The molecule has 2 aliphatic heterocycles. The van der Waals surface area contributed by atoms with Gasteiger partial charge in [0.05, 0.1) is 5.92 Å². The van der Waals surface area contributed by atoms with Crippen molar-refractivity contribution in [1.29, 1.82) is 0 Å². The lowest BCUT2D eigenvalue weighted by atomic mass is 9.97. The van der Waals surface area contributed by atoms with E-state index < -0.39 is 18.2 Å². The van der Waals surface area contributed by atoms with Crippen molar-refractivity contribution in [3.63, 3.8) is 0 Å². The highest BCUT2D eigenvalue weighted by Gasteiger charge is 2.38. The summed E-state index contributed by atoms with van der Waals surface area (Å²) in [4.78, 5) is 17.3. The molecule has 0 bridgehead atoms. The van der Waals surface area contributed by atoms with Crippen molar-refractivity contribution in [2.45, 2.75) is 38.7 Å². The van der Waals surface area contributed by atoms with Gasteiger partial charge in [-0.15, -0.1) is 0 Å². The maximum atomic E-state index is 12.7. The summed E-state index contributed by atoms with van der Waals surface area (Å²) in [7, 11) is 0. The van der Waals surface area contributed by atoms with Crippen LogP contribution in [0.5, 0.6) is 17.4 Å². The summed E-state index contributed by atoms with van der Waals surface area (Å²) in [6.07, 6.45) is -1.57. The highest BCUT2D eigenvalue weighted by molar-refractivity contribution is 6.31. The number of pyridine rings is 1. The molecule has 1 aromatic heterocycles. The number of carboxylic acids is 1. The van der Waals surface area contributed by atoms with Crippen LogP contribution in [0.2, 0.25) is 5.02 Å². The number of fused-ring (bicyclic) bond motifs is 1. The van der Waals surface area contributed by atoms with Gasteiger partial charge in [-0.05, 0) is 56.2 Å². The number of carboxylic acid groups (broad SMARTS) is 1. The van der Waals surface area contributed by atoms with Crippen molar-refractivity contribution < 1.29 is 37.3 Å². The first-order valence-electron chi connectivity index (χ1n) is 11.5. The predicted octanol–water partition coefficient (Wildman–Crippen LogP) is 5.22. The highest BCUT2D eigenvalue weighted by Crippen LogP contribution is 2.32. The van der Waals surface area contributed by atoms with Gasteiger partial charge in [0.1, 0.15) is 29.7 Å². The first kappa shape index (κ1) is 26.1. The standard InChI is InChI=1S/C25H26ClF3N2O5/c1-15(25(27,28)29)36-23-21(26)8-16(10-30-23)13-34-20-5-4-18-7-17(14-35-22(18)9-20)11-31-6-2-3-19(12-31)24(32)33/h4-5,7-10,15,19H,2-3,6,11-14H2,1H3,(H,32,33)/t15-,19+/m0/s1. The lowest BCUT2D eigenvalue weighted by Crippen LogP contribution is -2.40. The molecule has 2 aromatic rings. The number of likely N-dealkylation sites (tertiary alicyclic amines) is 1. The number of ether oxygens (including phenoxy) is 3. The third-order valence-electron chi connectivity index (χ3n) is 6.06. The fraction of sp³-hybridized carbons (Fsp3) is 0.440. The van der Waals surface area contributed by atoms with E-state index in [9.17, 15) is 23.1 Å². The van der Waals surface area contributed by atoms with Gasteiger partial charge in [-0.2, -0.15) is 13.2 Å². The Morgan fingerprint density at radius 2 is 2.17 bits per heavy atom. The minimum Gasteiger partial charge on any atom is -0.489 e. The van der Waals surface area contributed by atoms with Crippen molar-refractivity contribution >= 4 is 23.6 Å². The molecule has 1 N–H and O–H groups in total. The van der Waals surface area contributed by atoms with E-state index in [4.69, 9.17) is 25.8 Å². The first-order chi connectivity index (χ1) is 17.1. The molecule has 3 heterocycles. The van der Waals surface area contributed by atoms with Crippen LogP contribution in [-0.2, 0) is 11.4 Å². The molecule has 1 fully saturated rings. The van der Waals surface area contributed by atoms with Gasteiger partial charge in [0.25, 0.3) is 0 Å². The van der Waals surface area contributed by atoms with Gasteiger partial charge < -0.3 is 19.3 Å². The number of aromatic nitrogens is 1. The van der Waals surface area contributed by atoms with E-state index in [-0.39, 0.29) is 23.4 Å². The van der Waals surface area contributed by atoms with Crippen LogP contribution in [0.25, 0.3) is 6.08 Å². The molecule has 0 unspecified atom stereocenters. The average Bonchev–Trinajstić information content (AvgIpc) is 2.83. The summed E-state index contributed by atoms with van der Waals surface area (Å²) in [5.74, 6) is -0.150. The molecule has 0 spiro atoms. The van der Waals surface area contributed by atoms with Gasteiger partial charge in [0.2, 0.25) is 5.88 Å². The largest absolute Gasteiger partial charge is 0.489 e. The van der Waals surface area contributed by atoms with Gasteiger partial charge in [0.15, 0.2) is 6.10 Å². The van der Waals surface area contributed by atoms with E-state index in [2.05, 4.69) is 16.0 Å². The SMILES string of the molecule is C[C@H](Oc1ncc(COc2ccc3c(c2)OCC(CN2CCC[C@@H](C(=O)O)C2)=C3)cc1Cl)C(F)(F)F. The van der Waals surface area contributed by atoms with E-state index in [0.29, 0.717) is 43.2 Å². The predicted molar refractivity (Wildman–Crippen MR) is 126 cm³/mol. The van der Waals surface area contributed by atoms with Gasteiger partial charge in [-0.25, -0.2) is 4.98 Å². The minimum atomic E-state index is -4.52. The molecule has 1 saturated heterocycles. The lowest BCUT2D eigenvalue weighted by molar-refractivity contribution is -0.189. The molecule has 0 aliphatic carbocycles. The second kappa shape index (κ2) is 11.0. The Labute approximate surface area is 211 Å². The van der Waals surface area contributed by atoms with Crippen molar-refractivity contribution in [3.05, 3.63) is 52.2 Å². The molecule has 7 nitrogen and oxygen atoms in total. The quantitative estimate of drug-likeness (QED) is 0.505. The zero-order chi connectivity index (χ0) is 25.9. The van der Waals surface area contributed by atoms with Gasteiger partial charge in [-0.1, -0.05) is 11.6 Å². The monoisotopic (exact) mass is 526 g/mol. The Balaban J connectivity index is 1.34. The second-order valence-corrected chi connectivity index (χ2v) is 9.33. The van der Waals surface area contributed by atoms with E-state index in [0.717, 1.165) is 31.0 Å². The minimum absolute atomic E-state index is 0.0398. The van der Waals surface area contributed by atoms with Gasteiger partial charge >= 0.3 is 12.1 Å². The molecule has 11 heteroatoms. The van der Waals surface area contributed by atoms with Crippen LogP contribution < -0.4 is 14.2 Å². The number of benzene rings is 1. The summed E-state index contributed by atoms with van der Waals surface area (Å²) in [6.45, 7) is 3.46. The molecule has 0 amide bonds. The van der Waals surface area contributed by atoms with Crippen LogP contribution in [0, 0.1) is 5.92 Å². The Kier molecular flexibility index (Phi) is 7.94. The number of hydrogen-bond acceptors (Lipinski definition) is 6. The Bertz CT molecular complexity index is 1140. The summed E-state index contributed by atoms with van der Waals surface area (Å²) in [5.41, 5.74) is 2.54. The number of aliphatic carboxylic acids is 1. The zero-order valence-electron chi connectivity index (χ0n) is 19.6. The van der Waals surface area contributed by atoms with Crippen LogP contribution in [0.15, 0.2) is 36.0 Å². The lowest BCUT2D eigenvalue weighted by Gasteiger charge is -2.32. The molecule has 1 aromatic carbocycles. The summed E-state index contributed by atoms with van der Waals surface area (Å²) < 4.78 is 54.6. The molecule has 36 heavy (non-hydrogen) atoms. The molecule has 0 radical (unpaired) electrons. The fourth-order valence-electron chi connectivity index (χ4n) is 4.09. The Morgan fingerprint density at radius 3 is 2.89 bits per heavy atom. The summed E-state index contributed by atoms with van der Waals surface area (Å²) >= 11 is 6.04. The molecule has 2 aliphatic rings. The van der Waals surface area contributed by atoms with Crippen molar-refractivity contribution in [2.24, 2.45) is 5.92 Å². The molecule has 194 valence electrons. The molecular weight excluding hydrogens is 501 g/mol.